The topological polar surface area (TPSA) is 120 Å². The summed E-state index contributed by atoms with van der Waals surface area (Å²) in [5, 5.41) is 10.7. The number of primary sulfonamides is 1. The molecule has 2 amide bonds. The van der Waals surface area contributed by atoms with Crippen molar-refractivity contribution in [3.63, 3.8) is 0 Å². The molecule has 1 atom stereocenters. The largest absolute Gasteiger partial charge is 0.486 e. The Labute approximate surface area is 164 Å². The minimum atomic E-state index is -3.77. The van der Waals surface area contributed by atoms with E-state index in [1.54, 1.807) is 0 Å². The van der Waals surface area contributed by atoms with Gasteiger partial charge in [0.1, 0.15) is 13.2 Å². The van der Waals surface area contributed by atoms with Crippen molar-refractivity contribution in [1.29, 1.82) is 0 Å². The van der Waals surface area contributed by atoms with Gasteiger partial charge in [-0.15, -0.1) is 0 Å². The molecule has 8 nitrogen and oxygen atoms in total. The molecule has 0 unspecified atom stereocenters. The zero-order chi connectivity index (χ0) is 20.3. The van der Waals surface area contributed by atoms with Crippen LogP contribution in [-0.4, -0.2) is 27.7 Å². The molecule has 0 radical (unpaired) electrons. The fourth-order valence-electron chi connectivity index (χ4n) is 2.92. The number of fused-ring (bicyclic) bond motifs is 1. The number of nitrogens with two attached hydrogens (primary N) is 1. The van der Waals surface area contributed by atoms with Gasteiger partial charge in [0, 0.05) is 5.69 Å². The predicted molar refractivity (Wildman–Crippen MR) is 105 cm³/mol. The van der Waals surface area contributed by atoms with Crippen LogP contribution in [0.15, 0.2) is 47.4 Å². The van der Waals surface area contributed by atoms with Crippen LogP contribution >= 0.6 is 0 Å². The van der Waals surface area contributed by atoms with Crippen molar-refractivity contribution >= 4 is 21.7 Å². The van der Waals surface area contributed by atoms with Gasteiger partial charge in [-0.1, -0.05) is 19.9 Å². The summed E-state index contributed by atoms with van der Waals surface area (Å²) in [7, 11) is -3.77. The lowest BCUT2D eigenvalue weighted by molar-refractivity contribution is 0.171. The predicted octanol–water partition coefficient (Wildman–Crippen LogP) is 2.62. The third-order valence-electron chi connectivity index (χ3n) is 4.32. The summed E-state index contributed by atoms with van der Waals surface area (Å²) in [6, 6.07) is 10.6. The van der Waals surface area contributed by atoms with Crippen molar-refractivity contribution in [3.8, 4) is 11.5 Å². The summed E-state index contributed by atoms with van der Waals surface area (Å²) in [5.74, 6) is 1.48. The number of urea groups is 1. The summed E-state index contributed by atoms with van der Waals surface area (Å²) in [6.07, 6.45) is 0. The van der Waals surface area contributed by atoms with Crippen molar-refractivity contribution in [1.82, 2.24) is 5.32 Å². The second-order valence-electron chi connectivity index (χ2n) is 6.79. The zero-order valence-corrected chi connectivity index (χ0v) is 16.5. The van der Waals surface area contributed by atoms with Crippen LogP contribution in [0, 0.1) is 5.92 Å². The maximum Gasteiger partial charge on any atom is 0.319 e. The average molecular weight is 405 g/mol. The van der Waals surface area contributed by atoms with Crippen molar-refractivity contribution in [2.24, 2.45) is 11.1 Å². The molecule has 4 N–H and O–H groups in total. The fourth-order valence-corrected chi connectivity index (χ4v) is 3.44. The van der Waals surface area contributed by atoms with E-state index >= 15 is 0 Å². The van der Waals surface area contributed by atoms with Gasteiger partial charge in [0.15, 0.2) is 11.5 Å². The Bertz CT molecular complexity index is 958. The van der Waals surface area contributed by atoms with Gasteiger partial charge in [-0.05, 0) is 47.9 Å². The Morgan fingerprint density at radius 3 is 2.29 bits per heavy atom. The molecule has 0 aromatic heterocycles. The van der Waals surface area contributed by atoms with Crippen LogP contribution in [0.4, 0.5) is 10.5 Å². The van der Waals surface area contributed by atoms with Crippen LogP contribution in [0.2, 0.25) is 0 Å². The number of rotatable bonds is 5. The van der Waals surface area contributed by atoms with Crippen LogP contribution in [0.5, 0.6) is 11.5 Å². The number of anilines is 1. The number of ether oxygens (including phenoxy) is 2. The maximum atomic E-state index is 12.5. The summed E-state index contributed by atoms with van der Waals surface area (Å²) < 4.78 is 33.8. The molecule has 1 heterocycles. The molecule has 9 heteroatoms. The van der Waals surface area contributed by atoms with Crippen LogP contribution in [0.25, 0.3) is 0 Å². The molecular formula is C19H23N3O5S. The minimum absolute atomic E-state index is 0.0187. The highest BCUT2D eigenvalue weighted by atomic mass is 32.2. The smallest absolute Gasteiger partial charge is 0.319 e. The number of nitrogens with one attached hydrogen (secondary N) is 2. The van der Waals surface area contributed by atoms with Crippen molar-refractivity contribution in [3.05, 3.63) is 48.0 Å². The van der Waals surface area contributed by atoms with E-state index in [0.717, 1.165) is 5.56 Å². The molecule has 0 fully saturated rings. The maximum absolute atomic E-state index is 12.5. The van der Waals surface area contributed by atoms with Crippen molar-refractivity contribution < 1.29 is 22.7 Å². The molecular weight excluding hydrogens is 382 g/mol. The monoisotopic (exact) mass is 405 g/mol. The summed E-state index contributed by atoms with van der Waals surface area (Å²) in [6.45, 7) is 5.02. The number of sulfonamides is 1. The third-order valence-corrected chi connectivity index (χ3v) is 5.25. The first kappa shape index (κ1) is 20.0. The van der Waals surface area contributed by atoms with Gasteiger partial charge in [0.25, 0.3) is 0 Å². The first-order chi connectivity index (χ1) is 13.2. The molecule has 1 aliphatic heterocycles. The Morgan fingerprint density at radius 1 is 1.04 bits per heavy atom. The molecule has 0 saturated carbocycles. The molecule has 0 aliphatic carbocycles. The number of hydrogen-bond acceptors (Lipinski definition) is 5. The van der Waals surface area contributed by atoms with Crippen LogP contribution in [-0.2, 0) is 10.0 Å². The lowest BCUT2D eigenvalue weighted by Gasteiger charge is -2.25. The Balaban J connectivity index is 1.71. The highest BCUT2D eigenvalue weighted by Gasteiger charge is 2.21. The number of benzene rings is 2. The Hall–Kier alpha value is -2.78. The van der Waals surface area contributed by atoms with E-state index in [1.807, 2.05) is 32.0 Å². The van der Waals surface area contributed by atoms with Gasteiger partial charge in [0.05, 0.1) is 10.9 Å². The quantitative estimate of drug-likeness (QED) is 0.706. The van der Waals surface area contributed by atoms with E-state index in [9.17, 15) is 13.2 Å². The lowest BCUT2D eigenvalue weighted by Crippen LogP contribution is -2.35. The van der Waals surface area contributed by atoms with Crippen LogP contribution in [0.3, 0.4) is 0 Å². The number of carbonyl (C=O) groups is 1. The van der Waals surface area contributed by atoms with E-state index in [1.165, 1.54) is 24.3 Å². The van der Waals surface area contributed by atoms with Crippen LogP contribution < -0.4 is 25.2 Å². The lowest BCUT2D eigenvalue weighted by atomic mass is 9.95. The van der Waals surface area contributed by atoms with E-state index in [-0.39, 0.29) is 16.9 Å². The second-order valence-corrected chi connectivity index (χ2v) is 8.35. The highest BCUT2D eigenvalue weighted by Crippen LogP contribution is 2.34. The molecule has 0 saturated heterocycles. The highest BCUT2D eigenvalue weighted by molar-refractivity contribution is 7.89. The molecule has 28 heavy (non-hydrogen) atoms. The van der Waals surface area contributed by atoms with Crippen molar-refractivity contribution in [2.75, 3.05) is 18.5 Å². The number of hydrogen-bond donors (Lipinski definition) is 3. The van der Waals surface area contributed by atoms with Gasteiger partial charge in [-0.25, -0.2) is 18.4 Å². The van der Waals surface area contributed by atoms with Gasteiger partial charge in [0.2, 0.25) is 10.0 Å². The first-order valence-corrected chi connectivity index (χ1v) is 10.4. The molecule has 2 aromatic carbocycles. The molecule has 1 aliphatic rings. The number of carbonyl (C=O) groups excluding carboxylic acids is 1. The summed E-state index contributed by atoms with van der Waals surface area (Å²) >= 11 is 0. The molecule has 2 aromatic rings. The van der Waals surface area contributed by atoms with E-state index in [4.69, 9.17) is 14.6 Å². The molecule has 0 spiro atoms. The third kappa shape index (κ3) is 4.73. The molecule has 3 rings (SSSR count). The van der Waals surface area contributed by atoms with Gasteiger partial charge in [-0.3, -0.25) is 0 Å². The summed E-state index contributed by atoms with van der Waals surface area (Å²) in [5.41, 5.74) is 1.36. The summed E-state index contributed by atoms with van der Waals surface area (Å²) in [4.78, 5) is 12.4. The Morgan fingerprint density at radius 2 is 1.68 bits per heavy atom. The normalized spacial score (nSPS) is 14.4. The number of amides is 2. The SMILES string of the molecule is CC(C)[C@H](NC(=O)Nc1ccc(S(N)(=O)=O)cc1)c1ccc2c(c1)OCCO2. The zero-order valence-electron chi connectivity index (χ0n) is 15.6. The standard InChI is InChI=1S/C19H23N3O5S/c1-12(2)18(13-3-8-16-17(11-13)27-10-9-26-16)22-19(23)21-14-4-6-15(7-5-14)28(20,24)25/h3-8,11-12,18H,9-10H2,1-2H3,(H2,20,24,25)(H2,21,22,23)/t18-/m0/s1. The average Bonchev–Trinajstić information content (AvgIpc) is 2.65. The van der Waals surface area contributed by atoms with Gasteiger partial charge >= 0.3 is 6.03 Å². The van der Waals surface area contributed by atoms with Crippen LogP contribution in [0.1, 0.15) is 25.5 Å². The second kappa shape index (κ2) is 8.07. The fraction of sp³-hybridized carbons (Fsp3) is 0.316. The minimum Gasteiger partial charge on any atom is -0.486 e. The van der Waals surface area contributed by atoms with E-state index in [2.05, 4.69) is 10.6 Å². The molecule has 0 bridgehead atoms. The Kier molecular flexibility index (Phi) is 5.76. The van der Waals surface area contributed by atoms with Gasteiger partial charge < -0.3 is 20.1 Å². The first-order valence-electron chi connectivity index (χ1n) is 8.84. The van der Waals surface area contributed by atoms with Crippen molar-refractivity contribution in [2.45, 2.75) is 24.8 Å². The van der Waals surface area contributed by atoms with E-state index in [0.29, 0.717) is 30.4 Å². The van der Waals surface area contributed by atoms with Gasteiger partial charge in [-0.2, -0.15) is 0 Å². The molecule has 150 valence electrons. The van der Waals surface area contributed by atoms with E-state index < -0.39 is 16.1 Å².